The van der Waals surface area contributed by atoms with E-state index in [0.717, 1.165) is 9.86 Å². The molecule has 0 N–H and O–H groups in total. The average molecular weight is 327 g/mol. The molecule has 2 aromatic rings. The molecule has 5 nitrogen and oxygen atoms in total. The SMILES string of the molecule is COc1ccc(Br)c2cnn(C(=O)OC(C)(C)C)c12. The third kappa shape index (κ3) is 2.73. The summed E-state index contributed by atoms with van der Waals surface area (Å²) in [6.45, 7) is 5.43. The molecule has 0 radical (unpaired) electrons. The van der Waals surface area contributed by atoms with E-state index in [1.165, 1.54) is 4.68 Å². The van der Waals surface area contributed by atoms with Crippen LogP contribution in [0, 0.1) is 0 Å². The van der Waals surface area contributed by atoms with Crippen LogP contribution in [-0.2, 0) is 4.74 Å². The van der Waals surface area contributed by atoms with E-state index in [4.69, 9.17) is 9.47 Å². The normalized spacial score (nSPS) is 11.6. The predicted molar refractivity (Wildman–Crippen MR) is 75.6 cm³/mol. The number of methoxy groups -OCH3 is 1. The van der Waals surface area contributed by atoms with Crippen molar-refractivity contribution in [2.75, 3.05) is 7.11 Å². The molecule has 1 aromatic heterocycles. The molecule has 0 unspecified atom stereocenters. The number of hydrogen-bond acceptors (Lipinski definition) is 4. The van der Waals surface area contributed by atoms with Crippen LogP contribution in [0.5, 0.6) is 5.75 Å². The van der Waals surface area contributed by atoms with Gasteiger partial charge in [-0.2, -0.15) is 9.78 Å². The predicted octanol–water partition coefficient (Wildman–Crippen LogP) is 3.59. The molecule has 0 amide bonds. The number of aromatic nitrogens is 2. The van der Waals surface area contributed by atoms with Gasteiger partial charge in [-0.3, -0.25) is 0 Å². The van der Waals surface area contributed by atoms with Crippen LogP contribution >= 0.6 is 15.9 Å². The van der Waals surface area contributed by atoms with Crippen molar-refractivity contribution in [3.8, 4) is 5.75 Å². The number of fused-ring (bicyclic) bond motifs is 1. The van der Waals surface area contributed by atoms with E-state index in [1.807, 2.05) is 26.8 Å². The number of carbonyl (C=O) groups excluding carboxylic acids is 1. The summed E-state index contributed by atoms with van der Waals surface area (Å²) in [6, 6.07) is 3.62. The monoisotopic (exact) mass is 326 g/mol. The van der Waals surface area contributed by atoms with Crippen molar-refractivity contribution in [3.63, 3.8) is 0 Å². The lowest BCUT2D eigenvalue weighted by atomic mass is 10.2. The van der Waals surface area contributed by atoms with E-state index >= 15 is 0 Å². The zero-order valence-corrected chi connectivity index (χ0v) is 12.8. The zero-order chi connectivity index (χ0) is 14.2. The van der Waals surface area contributed by atoms with Crippen molar-refractivity contribution in [2.45, 2.75) is 26.4 Å². The first-order valence-corrected chi connectivity index (χ1v) is 6.56. The Morgan fingerprint density at radius 3 is 2.63 bits per heavy atom. The van der Waals surface area contributed by atoms with Crippen LogP contribution < -0.4 is 4.74 Å². The maximum absolute atomic E-state index is 12.1. The Hall–Kier alpha value is -1.56. The highest BCUT2D eigenvalue weighted by Crippen LogP contribution is 2.31. The molecule has 102 valence electrons. The van der Waals surface area contributed by atoms with E-state index < -0.39 is 11.7 Å². The van der Waals surface area contributed by atoms with Crippen LogP contribution in [0.3, 0.4) is 0 Å². The first-order valence-electron chi connectivity index (χ1n) is 5.77. The Balaban J connectivity index is 2.56. The number of rotatable bonds is 1. The summed E-state index contributed by atoms with van der Waals surface area (Å²) in [5.74, 6) is 0.571. The minimum Gasteiger partial charge on any atom is -0.494 e. The van der Waals surface area contributed by atoms with Gasteiger partial charge in [0.2, 0.25) is 0 Å². The Labute approximate surface area is 119 Å². The van der Waals surface area contributed by atoms with Gasteiger partial charge in [0, 0.05) is 9.86 Å². The highest BCUT2D eigenvalue weighted by atomic mass is 79.9. The lowest BCUT2D eigenvalue weighted by molar-refractivity contribution is 0.0522. The van der Waals surface area contributed by atoms with Crippen molar-refractivity contribution < 1.29 is 14.3 Å². The van der Waals surface area contributed by atoms with Gasteiger partial charge in [-0.15, -0.1) is 0 Å². The zero-order valence-electron chi connectivity index (χ0n) is 11.2. The van der Waals surface area contributed by atoms with E-state index in [9.17, 15) is 4.79 Å². The average Bonchev–Trinajstić information content (AvgIpc) is 2.73. The van der Waals surface area contributed by atoms with Gasteiger partial charge in [-0.25, -0.2) is 4.79 Å². The molecule has 0 bridgehead atoms. The largest absolute Gasteiger partial charge is 0.494 e. The Morgan fingerprint density at radius 1 is 1.37 bits per heavy atom. The van der Waals surface area contributed by atoms with Gasteiger partial charge in [0.1, 0.15) is 16.9 Å². The fraction of sp³-hybridized carbons (Fsp3) is 0.385. The van der Waals surface area contributed by atoms with Gasteiger partial charge >= 0.3 is 6.09 Å². The van der Waals surface area contributed by atoms with Crippen molar-refractivity contribution in [1.82, 2.24) is 9.78 Å². The van der Waals surface area contributed by atoms with Gasteiger partial charge in [-0.05, 0) is 32.9 Å². The second kappa shape index (κ2) is 4.85. The summed E-state index contributed by atoms with van der Waals surface area (Å²) in [5.41, 5.74) is 0.0142. The molecule has 0 aliphatic carbocycles. The van der Waals surface area contributed by atoms with E-state index in [0.29, 0.717) is 11.3 Å². The van der Waals surface area contributed by atoms with E-state index in [-0.39, 0.29) is 0 Å². The van der Waals surface area contributed by atoms with Crippen LogP contribution in [0.2, 0.25) is 0 Å². The van der Waals surface area contributed by atoms with Gasteiger partial charge in [-0.1, -0.05) is 15.9 Å². The van der Waals surface area contributed by atoms with Crippen LogP contribution in [0.1, 0.15) is 20.8 Å². The molecule has 2 rings (SSSR count). The maximum atomic E-state index is 12.1. The molecule has 0 aliphatic rings. The summed E-state index contributed by atoms with van der Waals surface area (Å²) < 4.78 is 12.7. The second-order valence-electron chi connectivity index (χ2n) is 5.05. The second-order valence-corrected chi connectivity index (χ2v) is 5.90. The first kappa shape index (κ1) is 13.9. The molecule has 19 heavy (non-hydrogen) atoms. The molecule has 0 saturated heterocycles. The number of benzene rings is 1. The number of halogens is 1. The summed E-state index contributed by atoms with van der Waals surface area (Å²) in [5, 5.41) is 4.88. The van der Waals surface area contributed by atoms with Crippen LogP contribution in [-0.4, -0.2) is 28.6 Å². The van der Waals surface area contributed by atoms with Gasteiger partial charge in [0.25, 0.3) is 0 Å². The number of hydrogen-bond donors (Lipinski definition) is 0. The fourth-order valence-electron chi connectivity index (χ4n) is 1.69. The molecule has 0 atom stereocenters. The minimum absolute atomic E-state index is 0.529. The summed E-state index contributed by atoms with van der Waals surface area (Å²) in [6.07, 6.45) is 1.07. The molecule has 6 heteroatoms. The molecule has 0 saturated carbocycles. The third-order valence-corrected chi connectivity index (χ3v) is 3.12. The third-order valence-electron chi connectivity index (χ3n) is 2.43. The fourth-order valence-corrected chi connectivity index (χ4v) is 2.11. The molecule has 1 aromatic carbocycles. The lowest BCUT2D eigenvalue weighted by Crippen LogP contribution is -2.27. The van der Waals surface area contributed by atoms with E-state index in [1.54, 1.807) is 19.4 Å². The summed E-state index contributed by atoms with van der Waals surface area (Å²) in [4.78, 5) is 12.1. The van der Waals surface area contributed by atoms with E-state index in [2.05, 4.69) is 21.0 Å². The van der Waals surface area contributed by atoms with Crippen LogP contribution in [0.15, 0.2) is 22.8 Å². The molecule has 0 aliphatic heterocycles. The number of carbonyl (C=O) groups is 1. The van der Waals surface area contributed by atoms with Crippen LogP contribution in [0.25, 0.3) is 10.9 Å². The quantitative estimate of drug-likeness (QED) is 0.803. The summed E-state index contributed by atoms with van der Waals surface area (Å²) >= 11 is 3.42. The van der Waals surface area contributed by atoms with Gasteiger partial charge in [0.15, 0.2) is 0 Å². The highest BCUT2D eigenvalue weighted by molar-refractivity contribution is 9.10. The Bertz CT molecular complexity index is 629. The minimum atomic E-state index is -0.575. The maximum Gasteiger partial charge on any atom is 0.435 e. The molecular formula is C13H15BrN2O3. The summed E-state index contributed by atoms with van der Waals surface area (Å²) in [7, 11) is 1.55. The first-order chi connectivity index (χ1) is 8.83. The van der Waals surface area contributed by atoms with Crippen molar-refractivity contribution >= 4 is 32.9 Å². The van der Waals surface area contributed by atoms with Crippen molar-refractivity contribution in [1.29, 1.82) is 0 Å². The Kier molecular flexibility index (Phi) is 3.54. The molecule has 0 spiro atoms. The standard InChI is InChI=1S/C13H15BrN2O3/c1-13(2,3)19-12(17)16-11-8(7-15-16)9(14)5-6-10(11)18-4/h5-7H,1-4H3. The number of ether oxygens (including phenoxy) is 2. The number of nitrogens with zero attached hydrogens (tertiary/aromatic N) is 2. The topological polar surface area (TPSA) is 53.4 Å². The van der Waals surface area contributed by atoms with Crippen LogP contribution in [0.4, 0.5) is 4.79 Å². The van der Waals surface area contributed by atoms with Crippen molar-refractivity contribution in [2.24, 2.45) is 0 Å². The Morgan fingerprint density at radius 2 is 2.05 bits per heavy atom. The molecule has 0 fully saturated rings. The molecular weight excluding hydrogens is 312 g/mol. The lowest BCUT2D eigenvalue weighted by Gasteiger charge is -2.19. The smallest absolute Gasteiger partial charge is 0.435 e. The highest BCUT2D eigenvalue weighted by Gasteiger charge is 2.22. The van der Waals surface area contributed by atoms with Gasteiger partial charge in [0.05, 0.1) is 13.3 Å². The van der Waals surface area contributed by atoms with Gasteiger partial charge < -0.3 is 9.47 Å². The van der Waals surface area contributed by atoms with Crippen molar-refractivity contribution in [3.05, 3.63) is 22.8 Å². The molecule has 1 heterocycles.